The van der Waals surface area contributed by atoms with Crippen molar-refractivity contribution in [3.63, 3.8) is 0 Å². The van der Waals surface area contributed by atoms with Gasteiger partial charge in [0.15, 0.2) is 0 Å². The molecule has 0 aliphatic carbocycles. The predicted octanol–water partition coefficient (Wildman–Crippen LogP) is 1.34. The molecule has 0 saturated heterocycles. The number of hydrogen-bond donors (Lipinski definition) is 5. The zero-order valence-electron chi connectivity index (χ0n) is 17.5. The number of allylic oxidation sites excluding steroid dienone is 1. The molecule has 0 aromatic heterocycles. The maximum Gasteiger partial charge on any atom is 0.330 e. The van der Waals surface area contributed by atoms with Gasteiger partial charge >= 0.3 is 17.9 Å². The highest BCUT2D eigenvalue weighted by Gasteiger charge is 1.93. The molecule has 0 aromatic carbocycles. The minimum Gasteiger partial charge on any atom is -0.478 e. The zero-order chi connectivity index (χ0) is 23.8. The second kappa shape index (κ2) is 25.5. The molecule has 5 N–H and O–H groups in total. The van der Waals surface area contributed by atoms with E-state index in [0.717, 1.165) is 0 Å². The largest absolute Gasteiger partial charge is 0.478 e. The summed E-state index contributed by atoms with van der Waals surface area (Å²) in [5.41, 5.74) is 0.741. The summed E-state index contributed by atoms with van der Waals surface area (Å²) < 4.78 is 9.75. The zero-order valence-corrected chi connectivity index (χ0v) is 17.5. The number of carboxylic acids is 3. The maximum atomic E-state index is 9.86. The Bertz CT molecular complexity index is 453. The molecule has 0 rings (SSSR count). The van der Waals surface area contributed by atoms with Gasteiger partial charge in [0.25, 0.3) is 0 Å². The number of rotatable bonds is 10. The summed E-state index contributed by atoms with van der Waals surface area (Å²) in [7, 11) is 0. The fraction of sp³-hybridized carbons (Fsp3) is 0.526. The van der Waals surface area contributed by atoms with Crippen LogP contribution in [0.3, 0.4) is 0 Å². The Kier molecular flexibility index (Phi) is 29.9. The first-order valence-electron chi connectivity index (χ1n) is 8.39. The summed E-state index contributed by atoms with van der Waals surface area (Å²) in [4.78, 5) is 29.1. The molecule has 0 saturated carbocycles. The van der Waals surface area contributed by atoms with Crippen molar-refractivity contribution >= 4 is 17.9 Å². The van der Waals surface area contributed by atoms with Gasteiger partial charge in [0, 0.05) is 16.7 Å². The minimum atomic E-state index is -0.935. The lowest BCUT2D eigenvalue weighted by atomic mass is 10.3. The molecule has 0 fully saturated rings. The molecule has 10 nitrogen and oxygen atoms in total. The summed E-state index contributed by atoms with van der Waals surface area (Å²) in [6, 6.07) is 0. The molecule has 0 radical (unpaired) electrons. The molecule has 0 aromatic rings. The summed E-state index contributed by atoms with van der Waals surface area (Å²) in [5.74, 6) is -2.72. The highest BCUT2D eigenvalue weighted by atomic mass is 16.5. The van der Waals surface area contributed by atoms with Gasteiger partial charge in [-0.15, -0.1) is 0 Å². The van der Waals surface area contributed by atoms with E-state index in [0.29, 0.717) is 32.0 Å². The van der Waals surface area contributed by atoms with Crippen LogP contribution < -0.4 is 0 Å². The lowest BCUT2D eigenvalue weighted by Gasteiger charge is -2.01. The van der Waals surface area contributed by atoms with Crippen LogP contribution in [-0.4, -0.2) is 83.1 Å². The van der Waals surface area contributed by atoms with Crippen molar-refractivity contribution in [1.82, 2.24) is 0 Å². The Morgan fingerprint density at radius 2 is 1.00 bits per heavy atom. The number of ether oxygens (including phenoxy) is 2. The van der Waals surface area contributed by atoms with Crippen molar-refractivity contribution in [2.24, 2.45) is 0 Å². The van der Waals surface area contributed by atoms with E-state index in [2.05, 4.69) is 13.2 Å². The summed E-state index contributed by atoms with van der Waals surface area (Å²) >= 11 is 0. The van der Waals surface area contributed by atoms with Gasteiger partial charge in [-0.25, -0.2) is 14.4 Å². The third kappa shape index (κ3) is 41.1. The van der Waals surface area contributed by atoms with Crippen LogP contribution in [0.2, 0.25) is 0 Å². The van der Waals surface area contributed by atoms with Crippen molar-refractivity contribution in [3.05, 3.63) is 36.0 Å². The molecular formula is C19H34O10. The number of carbonyl (C=O) groups is 3. The van der Waals surface area contributed by atoms with Crippen LogP contribution in [0.4, 0.5) is 0 Å². The first kappa shape index (κ1) is 34.0. The number of aliphatic hydroxyl groups excluding tert-OH is 2. The van der Waals surface area contributed by atoms with Crippen molar-refractivity contribution in [2.45, 2.75) is 27.7 Å². The molecule has 10 heteroatoms. The van der Waals surface area contributed by atoms with Gasteiger partial charge in [-0.2, -0.15) is 0 Å². The van der Waals surface area contributed by atoms with E-state index in [-0.39, 0.29) is 24.4 Å². The smallest absolute Gasteiger partial charge is 0.330 e. The lowest BCUT2D eigenvalue weighted by molar-refractivity contribution is -0.133. The number of carboxylic acid groups (broad SMARTS) is 3. The van der Waals surface area contributed by atoms with Crippen LogP contribution in [0.25, 0.3) is 0 Å². The van der Waals surface area contributed by atoms with Crippen LogP contribution in [0.15, 0.2) is 36.0 Å². The normalized spacial score (nSPS) is 9.38. The standard InChI is InChI=1S/C6H14O4.C5H8O2.2C4H6O2/c7-1-3-9-5-6-10-4-2-8;1-3-4(2)5(6)7;2*1-3(2)4(5)6/h7-8H,1-6H2;3H,1-2H3,(H,6,7);2*1H2,2H3,(H,5,6). The Morgan fingerprint density at radius 1 is 0.724 bits per heavy atom. The average Bonchev–Trinajstić information content (AvgIpc) is 2.65. The third-order valence-corrected chi connectivity index (χ3v) is 2.34. The molecule has 0 atom stereocenters. The van der Waals surface area contributed by atoms with Crippen LogP contribution in [-0.2, 0) is 23.9 Å². The molecule has 170 valence electrons. The van der Waals surface area contributed by atoms with Crippen molar-refractivity contribution in [2.75, 3.05) is 39.6 Å². The summed E-state index contributed by atoms with van der Waals surface area (Å²) in [5, 5.41) is 40.4. The van der Waals surface area contributed by atoms with Crippen molar-refractivity contribution in [1.29, 1.82) is 0 Å². The van der Waals surface area contributed by atoms with Crippen LogP contribution in [0.5, 0.6) is 0 Å². The van der Waals surface area contributed by atoms with Gasteiger partial charge in [0.05, 0.1) is 39.6 Å². The summed E-state index contributed by atoms with van der Waals surface area (Å²) in [6.07, 6.45) is 1.56. The number of aliphatic hydroxyl groups is 2. The molecule has 0 amide bonds. The second-order valence-electron chi connectivity index (χ2n) is 5.12. The molecule has 29 heavy (non-hydrogen) atoms. The average molecular weight is 422 g/mol. The molecule has 0 aliphatic rings. The van der Waals surface area contributed by atoms with E-state index >= 15 is 0 Å². The third-order valence-electron chi connectivity index (χ3n) is 2.34. The lowest BCUT2D eigenvalue weighted by Crippen LogP contribution is -2.09. The topological polar surface area (TPSA) is 171 Å². The molecular weight excluding hydrogens is 388 g/mol. The molecule has 0 bridgehead atoms. The van der Waals surface area contributed by atoms with Gasteiger partial charge < -0.3 is 35.0 Å². The monoisotopic (exact) mass is 422 g/mol. The number of aliphatic carboxylic acids is 3. The number of hydrogen-bond acceptors (Lipinski definition) is 7. The first-order chi connectivity index (χ1) is 13.4. The van der Waals surface area contributed by atoms with E-state index in [1.807, 2.05) is 0 Å². The van der Waals surface area contributed by atoms with Gasteiger partial charge in [-0.3, -0.25) is 0 Å². The van der Waals surface area contributed by atoms with Crippen LogP contribution in [0, 0.1) is 0 Å². The van der Waals surface area contributed by atoms with E-state index in [1.54, 1.807) is 19.9 Å². The van der Waals surface area contributed by atoms with Crippen LogP contribution >= 0.6 is 0 Å². The van der Waals surface area contributed by atoms with Gasteiger partial charge in [-0.1, -0.05) is 19.2 Å². The molecule has 0 unspecified atom stereocenters. The van der Waals surface area contributed by atoms with E-state index in [9.17, 15) is 14.4 Å². The molecule has 0 heterocycles. The highest BCUT2D eigenvalue weighted by Crippen LogP contribution is 1.87. The van der Waals surface area contributed by atoms with Crippen molar-refractivity contribution in [3.8, 4) is 0 Å². The minimum absolute atomic E-state index is 0.0417. The quantitative estimate of drug-likeness (QED) is 0.255. The Hall–Kier alpha value is -2.53. The molecule has 0 aliphatic heterocycles. The van der Waals surface area contributed by atoms with Crippen LogP contribution in [0.1, 0.15) is 27.7 Å². The first-order valence-corrected chi connectivity index (χ1v) is 8.39. The van der Waals surface area contributed by atoms with E-state index in [1.165, 1.54) is 13.8 Å². The van der Waals surface area contributed by atoms with E-state index < -0.39 is 17.9 Å². The Morgan fingerprint density at radius 3 is 1.10 bits per heavy atom. The van der Waals surface area contributed by atoms with Gasteiger partial charge in [0.2, 0.25) is 0 Å². The molecule has 0 spiro atoms. The van der Waals surface area contributed by atoms with Gasteiger partial charge in [0.1, 0.15) is 0 Å². The predicted molar refractivity (Wildman–Crippen MR) is 108 cm³/mol. The fourth-order valence-corrected chi connectivity index (χ4v) is 0.575. The second-order valence-corrected chi connectivity index (χ2v) is 5.12. The fourth-order valence-electron chi connectivity index (χ4n) is 0.575. The Balaban J connectivity index is -0.000000148. The SMILES string of the molecule is C=C(C)C(=O)O.C=C(C)C(=O)O.CC=C(C)C(=O)O.OCCOCCOCCO. The highest BCUT2D eigenvalue weighted by molar-refractivity contribution is 5.85. The Labute approximate surface area is 171 Å². The van der Waals surface area contributed by atoms with E-state index in [4.69, 9.17) is 35.0 Å². The maximum absolute atomic E-state index is 9.86. The van der Waals surface area contributed by atoms with Crippen molar-refractivity contribution < 1.29 is 49.4 Å². The summed E-state index contributed by atoms with van der Waals surface area (Å²) in [6.45, 7) is 14.2. The van der Waals surface area contributed by atoms with Gasteiger partial charge in [-0.05, 0) is 27.7 Å².